The molecule has 0 N–H and O–H groups in total. The zero-order chi connectivity index (χ0) is 10.1. The summed E-state index contributed by atoms with van der Waals surface area (Å²) in [5.74, 6) is 0. The van der Waals surface area contributed by atoms with Crippen LogP contribution in [0.15, 0.2) is 0 Å². The molecule has 1 saturated heterocycles. The third-order valence-electron chi connectivity index (χ3n) is 2.15. The monoisotopic (exact) mass is 218 g/mol. The minimum Gasteiger partial charge on any atom is -0.394 e. The molecule has 0 aromatic rings. The fourth-order valence-corrected chi connectivity index (χ4v) is 4.75. The average Bonchev–Trinajstić information content (AvgIpc) is 1.79. The normalized spacial score (nSPS) is 28.8. The Bertz CT molecular complexity index is 173. The Morgan fingerprint density at radius 1 is 1.31 bits per heavy atom. The third-order valence-corrected chi connectivity index (χ3v) is 5.58. The predicted octanol–water partition coefficient (Wildman–Crippen LogP) is 3.18. The molecule has 0 saturated carbocycles. The topological polar surface area (TPSA) is 18.5 Å². The van der Waals surface area contributed by atoms with Crippen molar-refractivity contribution < 1.29 is 8.85 Å². The van der Waals surface area contributed by atoms with Gasteiger partial charge in [-0.05, 0) is 51.6 Å². The zero-order valence-electron chi connectivity index (χ0n) is 9.52. The quantitative estimate of drug-likeness (QED) is 0.663. The van der Waals surface area contributed by atoms with Crippen molar-refractivity contribution in [3.63, 3.8) is 0 Å². The highest BCUT2D eigenvalue weighted by Crippen LogP contribution is 2.27. The lowest BCUT2D eigenvalue weighted by atomic mass is 10.3. The van der Waals surface area contributed by atoms with E-state index in [0.717, 1.165) is 6.42 Å². The summed E-state index contributed by atoms with van der Waals surface area (Å²) in [5, 5.41) is 0. The van der Waals surface area contributed by atoms with Crippen LogP contribution in [-0.2, 0) is 8.85 Å². The molecule has 1 aliphatic rings. The maximum atomic E-state index is 6.00. The molecule has 1 aliphatic heterocycles. The summed E-state index contributed by atoms with van der Waals surface area (Å²) in [6.45, 7) is 11.2. The third kappa shape index (κ3) is 4.40. The molecule has 1 atom stereocenters. The molecular formula is C9H22O2Si2. The molecule has 13 heavy (non-hydrogen) atoms. The van der Waals surface area contributed by atoms with Gasteiger partial charge in [-0.25, -0.2) is 0 Å². The smallest absolute Gasteiger partial charge is 0.190 e. The van der Waals surface area contributed by atoms with Crippen LogP contribution in [0, 0.1) is 0 Å². The summed E-state index contributed by atoms with van der Waals surface area (Å²) in [5.41, 5.74) is 0. The second-order valence-corrected chi connectivity index (χ2v) is 14.1. The van der Waals surface area contributed by atoms with E-state index in [9.17, 15) is 0 Å². The van der Waals surface area contributed by atoms with Gasteiger partial charge in [0, 0.05) is 0 Å². The van der Waals surface area contributed by atoms with E-state index in [4.69, 9.17) is 8.85 Å². The Morgan fingerprint density at radius 2 is 1.92 bits per heavy atom. The van der Waals surface area contributed by atoms with Crippen LogP contribution < -0.4 is 0 Å². The van der Waals surface area contributed by atoms with Gasteiger partial charge >= 0.3 is 0 Å². The van der Waals surface area contributed by atoms with E-state index in [-0.39, 0.29) is 6.29 Å². The second kappa shape index (κ2) is 3.84. The van der Waals surface area contributed by atoms with E-state index >= 15 is 0 Å². The van der Waals surface area contributed by atoms with Gasteiger partial charge < -0.3 is 8.85 Å². The van der Waals surface area contributed by atoms with Gasteiger partial charge in [0.2, 0.25) is 0 Å². The SMILES string of the molecule is C[Si](C)(C)OC1CCC[Si](C)(C)O1. The summed E-state index contributed by atoms with van der Waals surface area (Å²) in [6, 6.07) is 1.29. The largest absolute Gasteiger partial charge is 0.394 e. The molecule has 1 heterocycles. The standard InChI is InChI=1S/C9H22O2Si2/c1-12(2,3)10-9-7-6-8-13(4,5)11-9/h9H,6-8H2,1-5H3. The lowest BCUT2D eigenvalue weighted by Crippen LogP contribution is -2.44. The van der Waals surface area contributed by atoms with E-state index in [1.165, 1.54) is 12.5 Å². The van der Waals surface area contributed by atoms with Crippen molar-refractivity contribution in [2.45, 2.75) is 57.9 Å². The molecule has 0 radical (unpaired) electrons. The van der Waals surface area contributed by atoms with E-state index in [0.29, 0.717) is 0 Å². The molecule has 0 aromatic carbocycles. The molecule has 4 heteroatoms. The van der Waals surface area contributed by atoms with Crippen LogP contribution in [0.2, 0.25) is 38.8 Å². The van der Waals surface area contributed by atoms with Crippen LogP contribution >= 0.6 is 0 Å². The van der Waals surface area contributed by atoms with Crippen molar-refractivity contribution >= 4 is 16.6 Å². The molecule has 1 fully saturated rings. The maximum absolute atomic E-state index is 6.00. The molecule has 0 amide bonds. The van der Waals surface area contributed by atoms with Crippen LogP contribution in [0.1, 0.15) is 12.8 Å². The van der Waals surface area contributed by atoms with Gasteiger partial charge in [-0.2, -0.15) is 0 Å². The summed E-state index contributed by atoms with van der Waals surface area (Å²) < 4.78 is 12.0. The van der Waals surface area contributed by atoms with Gasteiger partial charge in [0.25, 0.3) is 0 Å². The highest BCUT2D eigenvalue weighted by molar-refractivity contribution is 6.71. The second-order valence-electron chi connectivity index (χ2n) is 5.43. The van der Waals surface area contributed by atoms with Crippen molar-refractivity contribution in [1.29, 1.82) is 0 Å². The molecule has 1 rings (SSSR count). The Hall–Kier alpha value is 0.354. The first kappa shape index (κ1) is 11.4. The fraction of sp³-hybridized carbons (Fsp3) is 1.00. The summed E-state index contributed by atoms with van der Waals surface area (Å²) in [7, 11) is -2.77. The first-order valence-electron chi connectivity index (χ1n) is 5.14. The van der Waals surface area contributed by atoms with Gasteiger partial charge in [0.1, 0.15) is 6.29 Å². The zero-order valence-corrected chi connectivity index (χ0v) is 11.5. The van der Waals surface area contributed by atoms with Crippen molar-refractivity contribution in [3.8, 4) is 0 Å². The molecule has 0 aliphatic carbocycles. The Kier molecular flexibility index (Phi) is 3.38. The van der Waals surface area contributed by atoms with E-state index in [1.807, 2.05) is 0 Å². The van der Waals surface area contributed by atoms with Crippen LogP contribution in [-0.4, -0.2) is 22.9 Å². The number of hydrogen-bond donors (Lipinski definition) is 0. The van der Waals surface area contributed by atoms with Crippen LogP contribution in [0.25, 0.3) is 0 Å². The van der Waals surface area contributed by atoms with Gasteiger partial charge in [-0.15, -0.1) is 0 Å². The lowest BCUT2D eigenvalue weighted by molar-refractivity contribution is -0.0252. The average molecular weight is 218 g/mol. The van der Waals surface area contributed by atoms with E-state index in [2.05, 4.69) is 32.7 Å². The van der Waals surface area contributed by atoms with E-state index < -0.39 is 16.6 Å². The van der Waals surface area contributed by atoms with Gasteiger partial charge in [-0.3, -0.25) is 0 Å². The van der Waals surface area contributed by atoms with Crippen molar-refractivity contribution in [3.05, 3.63) is 0 Å². The Labute approximate surface area is 83.9 Å². The number of hydrogen-bond acceptors (Lipinski definition) is 2. The van der Waals surface area contributed by atoms with Crippen molar-refractivity contribution in [1.82, 2.24) is 0 Å². The highest BCUT2D eigenvalue weighted by atomic mass is 28.4. The highest BCUT2D eigenvalue weighted by Gasteiger charge is 2.33. The van der Waals surface area contributed by atoms with Crippen LogP contribution in [0.3, 0.4) is 0 Å². The predicted molar refractivity (Wildman–Crippen MR) is 60.8 cm³/mol. The Balaban J connectivity index is 2.44. The molecule has 78 valence electrons. The molecule has 0 bridgehead atoms. The van der Waals surface area contributed by atoms with Gasteiger partial charge in [0.15, 0.2) is 16.6 Å². The summed E-state index contributed by atoms with van der Waals surface area (Å²) in [4.78, 5) is 0. The van der Waals surface area contributed by atoms with Gasteiger partial charge in [0.05, 0.1) is 0 Å². The maximum Gasteiger partial charge on any atom is 0.190 e. The van der Waals surface area contributed by atoms with Crippen LogP contribution in [0.4, 0.5) is 0 Å². The first-order chi connectivity index (χ1) is 5.79. The summed E-state index contributed by atoms with van der Waals surface area (Å²) >= 11 is 0. The lowest BCUT2D eigenvalue weighted by Gasteiger charge is -2.37. The Morgan fingerprint density at radius 3 is 2.38 bits per heavy atom. The fourth-order valence-electron chi connectivity index (χ4n) is 1.65. The molecule has 1 unspecified atom stereocenters. The minimum atomic E-state index is -1.41. The molecule has 0 spiro atoms. The van der Waals surface area contributed by atoms with Crippen LogP contribution in [0.5, 0.6) is 0 Å². The summed E-state index contributed by atoms with van der Waals surface area (Å²) in [6.07, 6.45) is 2.50. The molecule has 2 nitrogen and oxygen atoms in total. The van der Waals surface area contributed by atoms with E-state index in [1.54, 1.807) is 0 Å². The van der Waals surface area contributed by atoms with Gasteiger partial charge in [-0.1, -0.05) is 0 Å². The molecular weight excluding hydrogens is 196 g/mol. The molecule has 0 aromatic heterocycles. The first-order valence-corrected chi connectivity index (χ1v) is 11.7. The van der Waals surface area contributed by atoms with Crippen molar-refractivity contribution in [2.75, 3.05) is 0 Å². The minimum absolute atomic E-state index is 0.113. The number of rotatable bonds is 2. The van der Waals surface area contributed by atoms with Crippen molar-refractivity contribution in [2.24, 2.45) is 0 Å².